The maximum atomic E-state index is 13.6. The SMILES string of the molecule is COC(=O)[C@@H](OC(=O)c1cncn1[C@H](C)c1cccc(COC(=O)C(C)(C)OC(=O)c2cncn2[C@H](C)c2cccc(COC(=O)[C@@H](C)OC(=O)c3cncn3[C@H](C)c3ccccc3)c2)c1)C(C)C. The predicted octanol–water partition coefficient (Wildman–Crippen LogP) is 7.43. The second-order valence-electron chi connectivity index (χ2n) is 17.2. The molecule has 0 amide bonds. The average Bonchev–Trinajstić information content (AvgIpc) is 4.16. The molecule has 0 spiro atoms. The summed E-state index contributed by atoms with van der Waals surface area (Å²) in [6.07, 6.45) is 6.26. The highest BCUT2D eigenvalue weighted by Crippen LogP contribution is 2.26. The van der Waals surface area contributed by atoms with Crippen molar-refractivity contribution in [3.63, 3.8) is 0 Å². The smallest absolute Gasteiger partial charge is 0.357 e. The fraction of sp³-hybridized carbons (Fsp3) is 0.353. The summed E-state index contributed by atoms with van der Waals surface area (Å²) in [4.78, 5) is 90.9. The van der Waals surface area contributed by atoms with E-state index < -0.39 is 65.7 Å². The molecule has 0 saturated carbocycles. The number of carbonyl (C=O) groups is 6. The fourth-order valence-electron chi connectivity index (χ4n) is 7.35. The van der Waals surface area contributed by atoms with Crippen molar-refractivity contribution < 1.29 is 57.2 Å². The summed E-state index contributed by atoms with van der Waals surface area (Å²) in [5.74, 6) is -4.80. The van der Waals surface area contributed by atoms with Crippen molar-refractivity contribution in [2.24, 2.45) is 5.92 Å². The molecular formula is C51H56N6O12. The van der Waals surface area contributed by atoms with Crippen molar-refractivity contribution in [2.75, 3.05) is 7.11 Å². The van der Waals surface area contributed by atoms with E-state index in [0.717, 1.165) is 16.7 Å². The van der Waals surface area contributed by atoms with Crippen LogP contribution < -0.4 is 0 Å². The topological polar surface area (TPSA) is 211 Å². The van der Waals surface area contributed by atoms with Gasteiger partial charge in [0.05, 0.1) is 62.8 Å². The van der Waals surface area contributed by atoms with Crippen molar-refractivity contribution in [1.29, 1.82) is 0 Å². The van der Waals surface area contributed by atoms with Gasteiger partial charge in [-0.1, -0.05) is 92.7 Å². The van der Waals surface area contributed by atoms with Gasteiger partial charge in [0.1, 0.15) is 30.3 Å². The van der Waals surface area contributed by atoms with Gasteiger partial charge in [-0.15, -0.1) is 0 Å². The number of nitrogens with zero attached hydrogens (tertiary/aromatic N) is 6. The summed E-state index contributed by atoms with van der Waals surface area (Å²) in [6.45, 7) is 13.1. The molecule has 0 bridgehead atoms. The first-order chi connectivity index (χ1) is 32.9. The van der Waals surface area contributed by atoms with Crippen molar-refractivity contribution >= 4 is 35.8 Å². The van der Waals surface area contributed by atoms with Gasteiger partial charge in [-0.2, -0.15) is 0 Å². The Hall–Kier alpha value is -7.89. The van der Waals surface area contributed by atoms with Gasteiger partial charge in [0.2, 0.25) is 11.7 Å². The molecule has 3 aromatic carbocycles. The second kappa shape index (κ2) is 22.3. The Bertz CT molecular complexity index is 2770. The zero-order valence-electron chi connectivity index (χ0n) is 39.9. The lowest BCUT2D eigenvalue weighted by Crippen LogP contribution is -2.39. The molecule has 5 atom stereocenters. The number of benzene rings is 3. The largest absolute Gasteiger partial charge is 0.466 e. The van der Waals surface area contributed by atoms with Crippen LogP contribution in [0.3, 0.4) is 0 Å². The Kier molecular flexibility index (Phi) is 16.3. The summed E-state index contributed by atoms with van der Waals surface area (Å²) in [5.41, 5.74) is 2.41. The lowest BCUT2D eigenvalue weighted by Gasteiger charge is -2.24. The minimum absolute atomic E-state index is 0.0739. The molecular weight excluding hydrogens is 889 g/mol. The van der Waals surface area contributed by atoms with Gasteiger partial charge in [-0.3, -0.25) is 0 Å². The number of imidazole rings is 3. The molecule has 3 heterocycles. The van der Waals surface area contributed by atoms with Crippen molar-refractivity contribution in [2.45, 2.75) is 105 Å². The molecule has 362 valence electrons. The van der Waals surface area contributed by atoms with E-state index in [1.165, 1.54) is 65.5 Å². The molecule has 0 saturated heterocycles. The Morgan fingerprint density at radius 1 is 0.551 bits per heavy atom. The van der Waals surface area contributed by atoms with Gasteiger partial charge in [0.25, 0.3) is 0 Å². The van der Waals surface area contributed by atoms with Crippen LogP contribution in [0.4, 0.5) is 0 Å². The molecule has 0 radical (unpaired) electrons. The third-order valence-corrected chi connectivity index (χ3v) is 11.5. The molecule has 0 aliphatic heterocycles. The van der Waals surface area contributed by atoms with Crippen LogP contribution in [-0.4, -0.2) is 89.4 Å². The average molecular weight is 945 g/mol. The molecule has 0 fully saturated rings. The van der Waals surface area contributed by atoms with Crippen LogP contribution in [0, 0.1) is 5.92 Å². The second-order valence-corrected chi connectivity index (χ2v) is 17.2. The van der Waals surface area contributed by atoms with E-state index in [9.17, 15) is 28.8 Å². The van der Waals surface area contributed by atoms with Crippen LogP contribution in [0.25, 0.3) is 0 Å². The number of esters is 6. The van der Waals surface area contributed by atoms with Crippen molar-refractivity contribution in [3.05, 3.63) is 161 Å². The van der Waals surface area contributed by atoms with E-state index in [1.54, 1.807) is 57.9 Å². The number of hydrogen-bond donors (Lipinski definition) is 0. The minimum Gasteiger partial charge on any atom is -0.466 e. The maximum absolute atomic E-state index is 13.6. The molecule has 6 rings (SSSR count). The number of ether oxygens (including phenoxy) is 6. The number of aromatic nitrogens is 6. The summed E-state index contributed by atoms with van der Waals surface area (Å²) in [6, 6.07) is 22.9. The lowest BCUT2D eigenvalue weighted by atomic mass is 10.0. The van der Waals surface area contributed by atoms with Gasteiger partial charge in [-0.05, 0) is 69.4 Å². The van der Waals surface area contributed by atoms with Gasteiger partial charge in [0, 0.05) is 5.92 Å². The van der Waals surface area contributed by atoms with E-state index in [1.807, 2.05) is 69.3 Å². The van der Waals surface area contributed by atoms with Crippen LogP contribution in [0.1, 0.15) is 133 Å². The van der Waals surface area contributed by atoms with Gasteiger partial charge >= 0.3 is 35.8 Å². The van der Waals surface area contributed by atoms with E-state index in [4.69, 9.17) is 28.4 Å². The van der Waals surface area contributed by atoms with Crippen LogP contribution in [0.2, 0.25) is 0 Å². The third-order valence-electron chi connectivity index (χ3n) is 11.5. The first-order valence-corrected chi connectivity index (χ1v) is 22.2. The van der Waals surface area contributed by atoms with Crippen molar-refractivity contribution in [1.82, 2.24) is 28.7 Å². The Morgan fingerprint density at radius 2 is 1.00 bits per heavy atom. The summed E-state index contributed by atoms with van der Waals surface area (Å²) in [7, 11) is 1.22. The summed E-state index contributed by atoms with van der Waals surface area (Å²) >= 11 is 0. The molecule has 0 aliphatic rings. The van der Waals surface area contributed by atoms with E-state index in [-0.39, 0.29) is 42.3 Å². The molecule has 0 aliphatic carbocycles. The van der Waals surface area contributed by atoms with Crippen LogP contribution in [0.15, 0.2) is 116 Å². The zero-order chi connectivity index (χ0) is 50.0. The minimum atomic E-state index is -1.71. The molecule has 6 aromatic rings. The molecule has 69 heavy (non-hydrogen) atoms. The highest BCUT2D eigenvalue weighted by atomic mass is 16.6. The Balaban J connectivity index is 1.02. The lowest BCUT2D eigenvalue weighted by molar-refractivity contribution is -0.164. The Morgan fingerprint density at radius 3 is 1.49 bits per heavy atom. The zero-order valence-corrected chi connectivity index (χ0v) is 39.9. The van der Waals surface area contributed by atoms with Crippen molar-refractivity contribution in [3.8, 4) is 0 Å². The highest BCUT2D eigenvalue weighted by Gasteiger charge is 2.36. The van der Waals surface area contributed by atoms with Gasteiger partial charge in [-0.25, -0.2) is 43.7 Å². The first kappa shape index (κ1) is 50.5. The number of rotatable bonds is 20. The standard InChI is InChI=1S/C51H56N6O12/c1-31(2)44(49(62)64-9)68-47(60)42-24-53-29-56(42)33(4)40-20-14-16-37(22-40)27-66-50(63)51(7,8)69-48(61)43-25-54-30-57(43)34(5)39-19-13-15-36(21-39)26-65-45(58)35(6)67-46(59)41-23-52-28-55(41)32(3)38-17-11-10-12-18-38/h10-25,28-35,44H,26-27H2,1-9H3/t32-,33-,34-,35-,44+/m1/s1. The quantitative estimate of drug-likeness (QED) is 0.0538. The molecule has 3 aromatic heterocycles. The van der Waals surface area contributed by atoms with Gasteiger partial charge < -0.3 is 42.1 Å². The molecule has 18 heteroatoms. The monoisotopic (exact) mass is 944 g/mol. The van der Waals surface area contributed by atoms with Crippen LogP contribution in [-0.2, 0) is 56.0 Å². The summed E-state index contributed by atoms with van der Waals surface area (Å²) < 4.78 is 37.5. The number of hydrogen-bond acceptors (Lipinski definition) is 15. The number of methoxy groups -OCH3 is 1. The van der Waals surface area contributed by atoms with E-state index in [2.05, 4.69) is 15.0 Å². The fourth-order valence-corrected chi connectivity index (χ4v) is 7.35. The first-order valence-electron chi connectivity index (χ1n) is 22.2. The predicted molar refractivity (Wildman–Crippen MR) is 247 cm³/mol. The van der Waals surface area contributed by atoms with Crippen LogP contribution in [0.5, 0.6) is 0 Å². The van der Waals surface area contributed by atoms with Crippen LogP contribution >= 0.6 is 0 Å². The normalized spacial score (nSPS) is 13.6. The summed E-state index contributed by atoms with van der Waals surface area (Å²) in [5, 5.41) is 0. The molecule has 0 N–H and O–H groups in total. The van der Waals surface area contributed by atoms with E-state index in [0.29, 0.717) is 11.1 Å². The van der Waals surface area contributed by atoms with E-state index >= 15 is 0 Å². The number of carbonyl (C=O) groups excluding carboxylic acids is 6. The van der Waals surface area contributed by atoms with Gasteiger partial charge in [0.15, 0.2) is 6.10 Å². The third kappa shape index (κ3) is 12.2. The highest BCUT2D eigenvalue weighted by molar-refractivity contribution is 5.92. The Labute approximate surface area is 399 Å². The molecule has 18 nitrogen and oxygen atoms in total. The molecule has 0 unspecified atom stereocenters. The maximum Gasteiger partial charge on any atom is 0.357 e.